The van der Waals surface area contributed by atoms with E-state index in [1.807, 2.05) is 6.07 Å². The number of rotatable bonds is 3. The molecule has 0 radical (unpaired) electrons. The van der Waals surface area contributed by atoms with Gasteiger partial charge in [-0.1, -0.05) is 12.1 Å². The van der Waals surface area contributed by atoms with E-state index in [2.05, 4.69) is 33.7 Å². The summed E-state index contributed by atoms with van der Waals surface area (Å²) >= 11 is 0. The summed E-state index contributed by atoms with van der Waals surface area (Å²) in [7, 11) is 0. The molecule has 4 heteroatoms. The number of nitrogens with one attached hydrogen (secondary N) is 1. The van der Waals surface area contributed by atoms with Crippen molar-refractivity contribution in [2.75, 3.05) is 6.54 Å². The molecule has 1 saturated heterocycles. The number of hydrogen-bond acceptors (Lipinski definition) is 3. The van der Waals surface area contributed by atoms with Crippen LogP contribution in [-0.2, 0) is 6.42 Å². The first-order valence-corrected chi connectivity index (χ1v) is 6.11. The SMILES string of the molecule is c1cc(CC2CCCN2)cc(-n2nccn2)c1. The predicted octanol–water partition coefficient (Wildman–Crippen LogP) is 1.56. The van der Waals surface area contributed by atoms with Gasteiger partial charge in [-0.2, -0.15) is 15.0 Å². The molecule has 1 aliphatic rings. The van der Waals surface area contributed by atoms with Crippen molar-refractivity contribution in [3.63, 3.8) is 0 Å². The molecule has 2 aromatic rings. The molecular formula is C13H16N4. The van der Waals surface area contributed by atoms with Gasteiger partial charge in [0.15, 0.2) is 0 Å². The molecule has 2 heterocycles. The molecule has 0 bridgehead atoms. The van der Waals surface area contributed by atoms with Crippen LogP contribution in [0.15, 0.2) is 36.7 Å². The molecule has 1 aromatic heterocycles. The van der Waals surface area contributed by atoms with E-state index >= 15 is 0 Å². The van der Waals surface area contributed by atoms with Crippen LogP contribution in [0.4, 0.5) is 0 Å². The van der Waals surface area contributed by atoms with E-state index in [-0.39, 0.29) is 0 Å². The van der Waals surface area contributed by atoms with Gasteiger partial charge in [0.2, 0.25) is 0 Å². The Morgan fingerprint density at radius 3 is 2.94 bits per heavy atom. The second-order valence-electron chi connectivity index (χ2n) is 4.49. The highest BCUT2D eigenvalue weighted by Crippen LogP contribution is 2.14. The fraction of sp³-hybridized carbons (Fsp3) is 0.385. The average Bonchev–Trinajstić information content (AvgIpc) is 3.01. The monoisotopic (exact) mass is 228 g/mol. The third kappa shape index (κ3) is 2.36. The summed E-state index contributed by atoms with van der Waals surface area (Å²) in [6.45, 7) is 1.16. The summed E-state index contributed by atoms with van der Waals surface area (Å²) in [6, 6.07) is 9.08. The number of benzene rings is 1. The zero-order chi connectivity index (χ0) is 11.5. The Morgan fingerprint density at radius 1 is 1.29 bits per heavy atom. The van der Waals surface area contributed by atoms with E-state index in [1.165, 1.54) is 18.4 Å². The average molecular weight is 228 g/mol. The molecule has 1 fully saturated rings. The Labute approximate surface area is 101 Å². The molecule has 4 nitrogen and oxygen atoms in total. The maximum Gasteiger partial charge on any atom is 0.0859 e. The Hall–Kier alpha value is -1.68. The Morgan fingerprint density at radius 2 is 2.18 bits per heavy atom. The number of hydrogen-bond donors (Lipinski definition) is 1. The highest BCUT2D eigenvalue weighted by atomic mass is 15.5. The van der Waals surface area contributed by atoms with Gasteiger partial charge in [0.1, 0.15) is 0 Å². The van der Waals surface area contributed by atoms with E-state index in [0.29, 0.717) is 6.04 Å². The van der Waals surface area contributed by atoms with Crippen molar-refractivity contribution < 1.29 is 0 Å². The Kier molecular flexibility index (Phi) is 2.88. The van der Waals surface area contributed by atoms with Crippen LogP contribution in [-0.4, -0.2) is 27.6 Å². The fourth-order valence-electron chi connectivity index (χ4n) is 2.37. The van der Waals surface area contributed by atoms with Crippen molar-refractivity contribution in [2.45, 2.75) is 25.3 Å². The quantitative estimate of drug-likeness (QED) is 0.867. The van der Waals surface area contributed by atoms with Crippen molar-refractivity contribution in [3.8, 4) is 5.69 Å². The van der Waals surface area contributed by atoms with Crippen LogP contribution < -0.4 is 5.32 Å². The van der Waals surface area contributed by atoms with Gasteiger partial charge in [-0.3, -0.25) is 0 Å². The van der Waals surface area contributed by atoms with E-state index in [9.17, 15) is 0 Å². The minimum atomic E-state index is 0.635. The second-order valence-corrected chi connectivity index (χ2v) is 4.49. The highest BCUT2D eigenvalue weighted by molar-refractivity contribution is 5.34. The van der Waals surface area contributed by atoms with Crippen molar-refractivity contribution >= 4 is 0 Å². The standard InChI is InChI=1S/C13H16N4/c1-3-11(9-12-4-2-6-14-12)10-13(5-1)17-15-7-8-16-17/h1,3,5,7-8,10,12,14H,2,4,6,9H2. The maximum atomic E-state index is 4.15. The van der Waals surface area contributed by atoms with Gasteiger partial charge in [0, 0.05) is 6.04 Å². The van der Waals surface area contributed by atoms with Crippen molar-refractivity contribution in [1.82, 2.24) is 20.3 Å². The van der Waals surface area contributed by atoms with E-state index in [1.54, 1.807) is 17.2 Å². The van der Waals surface area contributed by atoms with Gasteiger partial charge in [-0.15, -0.1) is 0 Å². The Balaban J connectivity index is 1.79. The molecule has 17 heavy (non-hydrogen) atoms. The van der Waals surface area contributed by atoms with Crippen LogP contribution in [0.1, 0.15) is 18.4 Å². The topological polar surface area (TPSA) is 42.7 Å². The lowest BCUT2D eigenvalue weighted by Gasteiger charge is -2.10. The smallest absolute Gasteiger partial charge is 0.0859 e. The molecule has 1 unspecified atom stereocenters. The Bertz CT molecular complexity index is 472. The molecular weight excluding hydrogens is 212 g/mol. The van der Waals surface area contributed by atoms with Crippen LogP contribution >= 0.6 is 0 Å². The molecule has 1 N–H and O–H groups in total. The van der Waals surface area contributed by atoms with Crippen LogP contribution in [0.3, 0.4) is 0 Å². The second kappa shape index (κ2) is 4.67. The number of nitrogens with zero attached hydrogens (tertiary/aromatic N) is 3. The van der Waals surface area contributed by atoms with Crippen LogP contribution in [0.25, 0.3) is 5.69 Å². The number of aromatic nitrogens is 3. The fourth-order valence-corrected chi connectivity index (χ4v) is 2.37. The summed E-state index contributed by atoms with van der Waals surface area (Å²) in [5, 5.41) is 11.8. The molecule has 1 aromatic carbocycles. The minimum absolute atomic E-state index is 0.635. The van der Waals surface area contributed by atoms with Gasteiger partial charge in [-0.05, 0) is 43.5 Å². The van der Waals surface area contributed by atoms with Gasteiger partial charge in [0.05, 0.1) is 18.1 Å². The van der Waals surface area contributed by atoms with Crippen molar-refractivity contribution in [3.05, 3.63) is 42.2 Å². The first-order valence-electron chi connectivity index (χ1n) is 6.11. The minimum Gasteiger partial charge on any atom is -0.314 e. The third-order valence-electron chi connectivity index (χ3n) is 3.20. The van der Waals surface area contributed by atoms with E-state index in [0.717, 1.165) is 18.7 Å². The summed E-state index contributed by atoms with van der Waals surface area (Å²) in [6.07, 6.45) is 7.07. The largest absolute Gasteiger partial charge is 0.314 e. The van der Waals surface area contributed by atoms with E-state index in [4.69, 9.17) is 0 Å². The van der Waals surface area contributed by atoms with Crippen molar-refractivity contribution in [2.24, 2.45) is 0 Å². The molecule has 88 valence electrons. The lowest BCUT2D eigenvalue weighted by atomic mass is 10.0. The molecule has 3 rings (SSSR count). The maximum absolute atomic E-state index is 4.15. The van der Waals surface area contributed by atoms with Gasteiger partial charge in [-0.25, -0.2) is 0 Å². The van der Waals surface area contributed by atoms with E-state index < -0.39 is 0 Å². The van der Waals surface area contributed by atoms with Crippen LogP contribution in [0.2, 0.25) is 0 Å². The first kappa shape index (κ1) is 10.5. The van der Waals surface area contributed by atoms with Crippen LogP contribution in [0, 0.1) is 0 Å². The summed E-state index contributed by atoms with van der Waals surface area (Å²) < 4.78 is 0. The summed E-state index contributed by atoms with van der Waals surface area (Å²) in [5.74, 6) is 0. The van der Waals surface area contributed by atoms with Gasteiger partial charge in [0.25, 0.3) is 0 Å². The summed E-state index contributed by atoms with van der Waals surface area (Å²) in [4.78, 5) is 1.66. The summed E-state index contributed by atoms with van der Waals surface area (Å²) in [5.41, 5.74) is 2.38. The zero-order valence-electron chi connectivity index (χ0n) is 9.71. The first-order chi connectivity index (χ1) is 8.42. The lowest BCUT2D eigenvalue weighted by molar-refractivity contribution is 0.602. The molecule has 1 aliphatic heterocycles. The van der Waals surface area contributed by atoms with Crippen molar-refractivity contribution in [1.29, 1.82) is 0 Å². The van der Waals surface area contributed by atoms with Crippen LogP contribution in [0.5, 0.6) is 0 Å². The molecule has 1 atom stereocenters. The van der Waals surface area contributed by atoms with Gasteiger partial charge >= 0.3 is 0 Å². The normalized spacial score (nSPS) is 19.6. The molecule has 0 aliphatic carbocycles. The molecule has 0 saturated carbocycles. The molecule has 0 spiro atoms. The predicted molar refractivity (Wildman–Crippen MR) is 66.1 cm³/mol. The molecule has 0 amide bonds. The van der Waals surface area contributed by atoms with Gasteiger partial charge < -0.3 is 5.32 Å². The zero-order valence-corrected chi connectivity index (χ0v) is 9.71. The lowest BCUT2D eigenvalue weighted by Crippen LogP contribution is -2.23. The third-order valence-corrected chi connectivity index (χ3v) is 3.20. The highest BCUT2D eigenvalue weighted by Gasteiger charge is 2.14.